The lowest BCUT2D eigenvalue weighted by molar-refractivity contribution is 0.415. The fourth-order valence-electron chi connectivity index (χ4n) is 1.11. The molecule has 0 spiro atoms. The van der Waals surface area contributed by atoms with Gasteiger partial charge in [0, 0.05) is 23.2 Å². The van der Waals surface area contributed by atoms with E-state index in [-0.39, 0.29) is 0 Å². The summed E-state index contributed by atoms with van der Waals surface area (Å²) in [5.41, 5.74) is 1.96. The largest absolute Gasteiger partial charge is 0.497 e. The highest BCUT2D eigenvalue weighted by Gasteiger charge is 2.03. The number of methoxy groups -OCH3 is 1. The quantitative estimate of drug-likeness (QED) is 0.723. The second-order valence-electron chi connectivity index (χ2n) is 2.61. The van der Waals surface area contributed by atoms with E-state index in [1.54, 1.807) is 7.11 Å². The first-order valence-corrected chi connectivity index (χ1v) is 4.37. The van der Waals surface area contributed by atoms with E-state index in [9.17, 15) is 0 Å². The third-order valence-electron chi connectivity index (χ3n) is 1.81. The van der Waals surface area contributed by atoms with Crippen LogP contribution in [-0.2, 0) is 0 Å². The third kappa shape index (κ3) is 2.18. The molecule has 13 heavy (non-hydrogen) atoms. The number of thiol groups is 1. The standard InChI is InChI=1S/C10H13NOS/c1-7(13)9-6-8(12-3)4-5-10(9)11-2/h4-6,11,13H,1H2,2-3H3. The maximum Gasteiger partial charge on any atom is 0.119 e. The molecule has 70 valence electrons. The van der Waals surface area contributed by atoms with Gasteiger partial charge in [-0.25, -0.2) is 0 Å². The minimum Gasteiger partial charge on any atom is -0.497 e. The molecule has 1 N–H and O–H groups in total. The zero-order valence-corrected chi connectivity index (χ0v) is 8.69. The van der Waals surface area contributed by atoms with E-state index in [1.165, 1.54) is 0 Å². The number of hydrogen-bond acceptors (Lipinski definition) is 3. The molecule has 3 heteroatoms. The van der Waals surface area contributed by atoms with Gasteiger partial charge in [0.1, 0.15) is 5.75 Å². The van der Waals surface area contributed by atoms with Gasteiger partial charge in [0.05, 0.1) is 7.11 Å². The molecule has 0 fully saturated rings. The molecule has 0 aromatic heterocycles. The van der Waals surface area contributed by atoms with Crippen LogP contribution >= 0.6 is 12.6 Å². The van der Waals surface area contributed by atoms with Crippen molar-refractivity contribution < 1.29 is 4.74 Å². The Morgan fingerprint density at radius 1 is 1.54 bits per heavy atom. The van der Waals surface area contributed by atoms with Crippen LogP contribution in [-0.4, -0.2) is 14.2 Å². The molecule has 0 aliphatic heterocycles. The second-order valence-corrected chi connectivity index (χ2v) is 3.15. The number of rotatable bonds is 3. The number of hydrogen-bond donors (Lipinski definition) is 2. The number of nitrogens with one attached hydrogen (secondary N) is 1. The average molecular weight is 195 g/mol. The van der Waals surface area contributed by atoms with Crippen LogP contribution in [0.5, 0.6) is 5.75 Å². The molecular formula is C10H13NOS. The van der Waals surface area contributed by atoms with Gasteiger partial charge in [0.15, 0.2) is 0 Å². The molecular weight excluding hydrogens is 182 g/mol. The monoisotopic (exact) mass is 195 g/mol. The minimum absolute atomic E-state index is 0.725. The molecule has 0 saturated heterocycles. The van der Waals surface area contributed by atoms with E-state index in [0.29, 0.717) is 0 Å². The summed E-state index contributed by atoms with van der Waals surface area (Å²) in [7, 11) is 3.50. The summed E-state index contributed by atoms with van der Waals surface area (Å²) >= 11 is 4.21. The summed E-state index contributed by atoms with van der Waals surface area (Å²) in [5, 5.41) is 3.06. The second kappa shape index (κ2) is 4.23. The van der Waals surface area contributed by atoms with Crippen LogP contribution in [0.4, 0.5) is 5.69 Å². The van der Waals surface area contributed by atoms with Crippen molar-refractivity contribution in [2.24, 2.45) is 0 Å². The lowest BCUT2D eigenvalue weighted by atomic mass is 10.1. The van der Waals surface area contributed by atoms with Gasteiger partial charge in [0.25, 0.3) is 0 Å². The average Bonchev–Trinajstić information content (AvgIpc) is 2.16. The molecule has 0 aliphatic rings. The number of ether oxygens (including phenoxy) is 1. The maximum absolute atomic E-state index is 5.10. The van der Waals surface area contributed by atoms with Crippen LogP contribution in [0.25, 0.3) is 4.91 Å². The predicted octanol–water partition coefficient (Wildman–Crippen LogP) is 2.64. The molecule has 1 aromatic rings. The highest BCUT2D eigenvalue weighted by atomic mass is 32.1. The number of anilines is 1. The van der Waals surface area contributed by atoms with Gasteiger partial charge in [-0.1, -0.05) is 6.58 Å². The fraction of sp³-hybridized carbons (Fsp3) is 0.200. The van der Waals surface area contributed by atoms with E-state index >= 15 is 0 Å². The van der Waals surface area contributed by atoms with Crippen molar-refractivity contribution in [3.63, 3.8) is 0 Å². The lowest BCUT2D eigenvalue weighted by Crippen LogP contribution is -1.93. The molecule has 0 heterocycles. The van der Waals surface area contributed by atoms with Crippen molar-refractivity contribution >= 4 is 23.2 Å². The zero-order chi connectivity index (χ0) is 9.84. The Labute approximate surface area is 84.0 Å². The van der Waals surface area contributed by atoms with Crippen LogP contribution in [0.1, 0.15) is 5.56 Å². The van der Waals surface area contributed by atoms with E-state index < -0.39 is 0 Å². The van der Waals surface area contributed by atoms with Crippen molar-refractivity contribution in [3.8, 4) is 5.75 Å². The molecule has 0 radical (unpaired) electrons. The highest BCUT2D eigenvalue weighted by Crippen LogP contribution is 2.28. The molecule has 0 aliphatic carbocycles. The van der Waals surface area contributed by atoms with Crippen molar-refractivity contribution in [1.82, 2.24) is 0 Å². The minimum atomic E-state index is 0.725. The highest BCUT2D eigenvalue weighted by molar-refractivity contribution is 7.90. The first-order chi connectivity index (χ1) is 6.19. The third-order valence-corrected chi connectivity index (χ3v) is 2.05. The molecule has 0 bridgehead atoms. The Hall–Kier alpha value is -1.09. The Kier molecular flexibility index (Phi) is 3.25. The normalized spacial score (nSPS) is 9.46. The molecule has 1 rings (SSSR count). The van der Waals surface area contributed by atoms with Gasteiger partial charge in [-0.3, -0.25) is 0 Å². The Balaban J connectivity index is 3.18. The maximum atomic E-state index is 5.10. The van der Waals surface area contributed by atoms with Crippen LogP contribution in [0.2, 0.25) is 0 Å². The summed E-state index contributed by atoms with van der Waals surface area (Å²) in [6, 6.07) is 5.74. The van der Waals surface area contributed by atoms with Crippen LogP contribution in [0.3, 0.4) is 0 Å². The van der Waals surface area contributed by atoms with Crippen molar-refractivity contribution in [2.45, 2.75) is 0 Å². The molecule has 1 aromatic carbocycles. The zero-order valence-electron chi connectivity index (χ0n) is 7.79. The molecule has 0 amide bonds. The summed E-state index contributed by atoms with van der Waals surface area (Å²) < 4.78 is 5.10. The van der Waals surface area contributed by atoms with Gasteiger partial charge in [-0.15, -0.1) is 12.6 Å². The fourth-order valence-corrected chi connectivity index (χ4v) is 1.29. The van der Waals surface area contributed by atoms with Crippen LogP contribution < -0.4 is 10.1 Å². The molecule has 0 saturated carbocycles. The summed E-state index contributed by atoms with van der Waals surface area (Å²) in [5.74, 6) is 0.809. The lowest BCUT2D eigenvalue weighted by Gasteiger charge is -2.09. The van der Waals surface area contributed by atoms with E-state index in [2.05, 4.69) is 24.5 Å². The molecule has 0 atom stereocenters. The van der Waals surface area contributed by atoms with E-state index in [0.717, 1.165) is 21.9 Å². The summed E-state index contributed by atoms with van der Waals surface area (Å²) in [6.07, 6.45) is 0. The van der Waals surface area contributed by atoms with Crippen LogP contribution in [0, 0.1) is 0 Å². The van der Waals surface area contributed by atoms with Crippen molar-refractivity contribution in [3.05, 3.63) is 30.3 Å². The summed E-state index contributed by atoms with van der Waals surface area (Å²) in [4.78, 5) is 0.725. The van der Waals surface area contributed by atoms with Gasteiger partial charge < -0.3 is 10.1 Å². The van der Waals surface area contributed by atoms with E-state index in [4.69, 9.17) is 4.74 Å². The Bertz CT molecular complexity index is 323. The van der Waals surface area contributed by atoms with Crippen molar-refractivity contribution in [2.75, 3.05) is 19.5 Å². The van der Waals surface area contributed by atoms with Crippen molar-refractivity contribution in [1.29, 1.82) is 0 Å². The predicted molar refractivity (Wildman–Crippen MR) is 60.6 cm³/mol. The smallest absolute Gasteiger partial charge is 0.119 e. The molecule has 0 unspecified atom stereocenters. The Morgan fingerprint density at radius 2 is 2.23 bits per heavy atom. The van der Waals surface area contributed by atoms with Crippen LogP contribution in [0.15, 0.2) is 24.8 Å². The van der Waals surface area contributed by atoms with Gasteiger partial charge >= 0.3 is 0 Å². The van der Waals surface area contributed by atoms with Gasteiger partial charge in [-0.05, 0) is 18.2 Å². The molecule has 2 nitrogen and oxygen atoms in total. The van der Waals surface area contributed by atoms with Gasteiger partial charge in [-0.2, -0.15) is 0 Å². The van der Waals surface area contributed by atoms with Gasteiger partial charge in [0.2, 0.25) is 0 Å². The first kappa shape index (κ1) is 9.99. The first-order valence-electron chi connectivity index (χ1n) is 3.93. The topological polar surface area (TPSA) is 21.3 Å². The SMILES string of the molecule is C=C(S)c1cc(OC)ccc1NC. The Morgan fingerprint density at radius 3 is 2.69 bits per heavy atom. The summed E-state index contributed by atoms with van der Waals surface area (Å²) in [6.45, 7) is 3.78. The van der Waals surface area contributed by atoms with E-state index in [1.807, 2.05) is 25.2 Å². The number of benzene rings is 1.